The van der Waals surface area contributed by atoms with Crippen molar-refractivity contribution in [2.24, 2.45) is 0 Å². The number of hydrogen-bond acceptors (Lipinski definition) is 4. The Hall–Kier alpha value is -2.93. The van der Waals surface area contributed by atoms with Crippen LogP contribution in [-0.2, 0) is 6.54 Å². The molecule has 7 heteroatoms. The van der Waals surface area contributed by atoms with E-state index >= 15 is 0 Å². The number of aryl methyl sites for hydroxylation is 2. The molecular formula is C20H19BrN3O3+. The van der Waals surface area contributed by atoms with E-state index in [-0.39, 0.29) is 35.0 Å². The smallest absolute Gasteiger partial charge is 0.287 e. The number of carbonyl (C=O) groups is 1. The minimum absolute atomic E-state index is 0. The number of ketones is 1. The van der Waals surface area contributed by atoms with Gasteiger partial charge in [-0.2, -0.15) is 0 Å². The van der Waals surface area contributed by atoms with Crippen LogP contribution in [-0.4, -0.2) is 15.7 Å². The second kappa shape index (κ2) is 8.64. The minimum Gasteiger partial charge on any atom is -0.290 e. The van der Waals surface area contributed by atoms with Crippen LogP contribution in [0, 0.1) is 24.0 Å². The fourth-order valence-corrected chi connectivity index (χ4v) is 2.76. The van der Waals surface area contributed by atoms with E-state index in [1.54, 1.807) is 10.9 Å². The van der Waals surface area contributed by atoms with E-state index in [4.69, 9.17) is 0 Å². The minimum atomic E-state index is -0.487. The lowest BCUT2D eigenvalue weighted by Crippen LogP contribution is -2.37. The van der Waals surface area contributed by atoms with Crippen LogP contribution in [0.2, 0.25) is 0 Å². The van der Waals surface area contributed by atoms with Gasteiger partial charge >= 0.3 is 0 Å². The number of carbonyl (C=O) groups excluding carboxylic acids is 1. The quantitative estimate of drug-likeness (QED) is 0.266. The van der Waals surface area contributed by atoms with Crippen molar-refractivity contribution >= 4 is 28.5 Å². The highest BCUT2D eigenvalue weighted by molar-refractivity contribution is 8.93. The van der Waals surface area contributed by atoms with Gasteiger partial charge in [-0.05, 0) is 36.5 Å². The summed E-state index contributed by atoms with van der Waals surface area (Å²) in [6, 6.07) is 13.7. The second-order valence-corrected chi connectivity index (χ2v) is 6.16. The second-order valence-electron chi connectivity index (χ2n) is 6.16. The topological polar surface area (TPSA) is 77.0 Å². The maximum Gasteiger partial charge on any atom is 0.287 e. The Balaban J connectivity index is 0.00000261. The molecule has 0 N–H and O–H groups in total. The van der Waals surface area contributed by atoms with Crippen LogP contribution in [0.4, 0.5) is 5.69 Å². The lowest BCUT2D eigenvalue weighted by atomic mass is 10.0. The van der Waals surface area contributed by atoms with E-state index in [0.29, 0.717) is 5.56 Å². The Morgan fingerprint density at radius 3 is 2.37 bits per heavy atom. The molecule has 1 heterocycles. The number of non-ortho nitro benzene ring substituents is 1. The van der Waals surface area contributed by atoms with Crippen LogP contribution in [0.25, 0.3) is 11.3 Å². The molecule has 3 rings (SSSR count). The highest BCUT2D eigenvalue weighted by Gasteiger charge is 2.14. The zero-order chi connectivity index (χ0) is 18.7. The molecule has 1 aromatic heterocycles. The van der Waals surface area contributed by atoms with Gasteiger partial charge in [-0.3, -0.25) is 14.9 Å². The summed E-state index contributed by atoms with van der Waals surface area (Å²) in [6.45, 7) is 4.22. The van der Waals surface area contributed by atoms with Gasteiger partial charge in [-0.15, -0.1) is 17.0 Å². The van der Waals surface area contributed by atoms with Gasteiger partial charge in [-0.25, -0.2) is 4.57 Å². The fourth-order valence-electron chi connectivity index (χ4n) is 2.76. The Labute approximate surface area is 167 Å². The Morgan fingerprint density at radius 2 is 1.81 bits per heavy atom. The van der Waals surface area contributed by atoms with Gasteiger partial charge in [0.05, 0.1) is 11.1 Å². The predicted molar refractivity (Wildman–Crippen MR) is 107 cm³/mol. The first-order valence-corrected chi connectivity index (χ1v) is 8.14. The highest BCUT2D eigenvalue weighted by atomic mass is 79.9. The molecule has 27 heavy (non-hydrogen) atoms. The van der Waals surface area contributed by atoms with Crippen molar-refractivity contribution in [1.82, 2.24) is 4.98 Å². The van der Waals surface area contributed by atoms with Crippen molar-refractivity contribution in [2.45, 2.75) is 20.4 Å². The summed E-state index contributed by atoms with van der Waals surface area (Å²) in [5.74, 6) is -0.133. The van der Waals surface area contributed by atoms with Crippen molar-refractivity contribution in [3.63, 3.8) is 0 Å². The van der Waals surface area contributed by atoms with Crippen molar-refractivity contribution in [3.05, 3.63) is 87.9 Å². The molecule has 0 aliphatic rings. The van der Waals surface area contributed by atoms with E-state index in [0.717, 1.165) is 16.8 Å². The van der Waals surface area contributed by atoms with E-state index in [1.165, 1.54) is 29.8 Å². The molecule has 0 atom stereocenters. The molecule has 138 valence electrons. The SMILES string of the molecule is Br.Cc1ccc(-c2cc[n+](CC(=O)c3ccc([N+](=O)[O-])cc3)cn2)c(C)c1. The number of rotatable bonds is 5. The van der Waals surface area contributed by atoms with Crippen LogP contribution in [0.3, 0.4) is 0 Å². The molecular weight excluding hydrogens is 410 g/mol. The molecule has 6 nitrogen and oxygen atoms in total. The van der Waals surface area contributed by atoms with Gasteiger partial charge in [0.15, 0.2) is 12.2 Å². The fraction of sp³-hybridized carbons (Fsp3) is 0.150. The van der Waals surface area contributed by atoms with Gasteiger partial charge < -0.3 is 0 Å². The van der Waals surface area contributed by atoms with Crippen molar-refractivity contribution < 1.29 is 14.3 Å². The molecule has 3 aromatic rings. The predicted octanol–water partition coefficient (Wildman–Crippen LogP) is 4.02. The third-order valence-corrected chi connectivity index (χ3v) is 4.15. The van der Waals surface area contributed by atoms with Gasteiger partial charge in [0.1, 0.15) is 0 Å². The van der Waals surface area contributed by atoms with E-state index in [9.17, 15) is 14.9 Å². The molecule has 0 fully saturated rings. The van der Waals surface area contributed by atoms with Gasteiger partial charge in [0, 0.05) is 29.3 Å². The lowest BCUT2D eigenvalue weighted by molar-refractivity contribution is -0.686. The molecule has 0 saturated carbocycles. The number of hydrogen-bond donors (Lipinski definition) is 0. The first-order valence-electron chi connectivity index (χ1n) is 8.14. The molecule has 0 spiro atoms. The summed E-state index contributed by atoms with van der Waals surface area (Å²) in [7, 11) is 0. The maximum atomic E-state index is 12.3. The molecule has 0 radical (unpaired) electrons. The molecule has 0 aliphatic heterocycles. The van der Waals surface area contributed by atoms with Crippen molar-refractivity contribution in [1.29, 1.82) is 0 Å². The normalized spacial score (nSPS) is 10.1. The Kier molecular flexibility index (Phi) is 6.52. The van der Waals surface area contributed by atoms with Gasteiger partial charge in [0.2, 0.25) is 5.78 Å². The van der Waals surface area contributed by atoms with Gasteiger partial charge in [-0.1, -0.05) is 23.8 Å². The van der Waals surface area contributed by atoms with Crippen molar-refractivity contribution in [2.75, 3.05) is 0 Å². The first-order chi connectivity index (χ1) is 12.4. The zero-order valence-corrected chi connectivity index (χ0v) is 16.7. The molecule has 0 aliphatic carbocycles. The third-order valence-electron chi connectivity index (χ3n) is 4.15. The number of benzene rings is 2. The summed E-state index contributed by atoms with van der Waals surface area (Å²) in [5.41, 5.74) is 4.66. The summed E-state index contributed by atoms with van der Waals surface area (Å²) < 4.78 is 1.69. The number of aromatic nitrogens is 2. The van der Waals surface area contributed by atoms with Crippen LogP contribution in [0.15, 0.2) is 61.1 Å². The average molecular weight is 429 g/mol. The summed E-state index contributed by atoms with van der Waals surface area (Å²) >= 11 is 0. The molecule has 0 unspecified atom stereocenters. The standard InChI is InChI=1S/C20H18N3O3.BrH/c1-14-3-8-18(15(2)11-14)19-9-10-22(13-21-19)12-20(24)16-4-6-17(7-5-16)23(25)26;/h3-11,13H,12H2,1-2H3;1H/q+1;. The van der Waals surface area contributed by atoms with Crippen LogP contribution in [0.5, 0.6) is 0 Å². The Morgan fingerprint density at radius 1 is 1.11 bits per heavy atom. The molecule has 0 saturated heterocycles. The van der Waals surface area contributed by atoms with E-state index < -0.39 is 4.92 Å². The molecule has 0 amide bonds. The van der Waals surface area contributed by atoms with E-state index in [2.05, 4.69) is 11.1 Å². The zero-order valence-electron chi connectivity index (χ0n) is 15.0. The number of nitro groups is 1. The average Bonchev–Trinajstić information content (AvgIpc) is 2.63. The summed E-state index contributed by atoms with van der Waals surface area (Å²) in [4.78, 5) is 27.0. The summed E-state index contributed by atoms with van der Waals surface area (Å²) in [6.07, 6.45) is 3.43. The molecule has 0 bridgehead atoms. The van der Waals surface area contributed by atoms with Gasteiger partial charge in [0.25, 0.3) is 12.0 Å². The number of Topliss-reactive ketones (excluding diaryl/α,β-unsaturated/α-hetero) is 1. The maximum absolute atomic E-state index is 12.3. The Bertz CT molecular complexity index is 971. The lowest BCUT2D eigenvalue weighted by Gasteiger charge is -2.04. The first kappa shape index (κ1) is 20.4. The third kappa shape index (κ3) is 4.83. The highest BCUT2D eigenvalue weighted by Crippen LogP contribution is 2.21. The van der Waals surface area contributed by atoms with Crippen LogP contribution >= 0.6 is 17.0 Å². The number of halogens is 1. The van der Waals surface area contributed by atoms with Crippen molar-refractivity contribution in [3.8, 4) is 11.3 Å². The number of nitrogens with zero attached hydrogens (tertiary/aromatic N) is 3. The van der Waals surface area contributed by atoms with Crippen LogP contribution < -0.4 is 4.57 Å². The monoisotopic (exact) mass is 428 g/mol. The molecule has 2 aromatic carbocycles. The number of nitro benzene ring substituents is 1. The largest absolute Gasteiger partial charge is 0.290 e. The summed E-state index contributed by atoms with van der Waals surface area (Å²) in [5, 5.41) is 10.7. The van der Waals surface area contributed by atoms with Crippen LogP contribution in [0.1, 0.15) is 21.5 Å². The van der Waals surface area contributed by atoms with E-state index in [1.807, 2.05) is 38.2 Å².